The number of carbonyl (C=O) groups is 1. The van der Waals surface area contributed by atoms with E-state index in [0.717, 1.165) is 16.5 Å². The first kappa shape index (κ1) is 15.1. The number of fused-ring (bicyclic) bond motifs is 1. The van der Waals surface area contributed by atoms with Crippen LogP contribution in [0.1, 0.15) is 16.8 Å². The number of hydrogen-bond acceptors (Lipinski definition) is 4. The van der Waals surface area contributed by atoms with Crippen LogP contribution in [0.25, 0.3) is 11.0 Å². The molecule has 0 saturated carbocycles. The van der Waals surface area contributed by atoms with E-state index in [-0.39, 0.29) is 12.3 Å². The number of amides is 1. The summed E-state index contributed by atoms with van der Waals surface area (Å²) in [6, 6.07) is 11.4. The molecule has 0 unspecified atom stereocenters. The summed E-state index contributed by atoms with van der Waals surface area (Å²) in [6.45, 7) is 3.96. The van der Waals surface area contributed by atoms with E-state index in [4.69, 9.17) is 9.26 Å². The summed E-state index contributed by atoms with van der Waals surface area (Å²) in [6.07, 6.45) is 0.146. The van der Waals surface area contributed by atoms with E-state index in [1.165, 1.54) is 0 Å². The molecule has 0 aliphatic heterocycles. The number of aryl methyl sites for hydroxylation is 2. The Morgan fingerprint density at radius 1 is 1.17 bits per heavy atom. The number of nitrogens with one attached hydrogen (secondary N) is 1. The molecular formula is C18H18N2O3. The van der Waals surface area contributed by atoms with Crippen LogP contribution in [-0.2, 0) is 11.2 Å². The highest BCUT2D eigenvalue weighted by Crippen LogP contribution is 2.26. The normalized spacial score (nSPS) is 10.7. The fourth-order valence-electron chi connectivity index (χ4n) is 2.50. The molecule has 5 heteroatoms. The van der Waals surface area contributed by atoms with E-state index < -0.39 is 0 Å². The molecule has 3 rings (SSSR count). The Labute approximate surface area is 134 Å². The van der Waals surface area contributed by atoms with Crippen molar-refractivity contribution in [3.8, 4) is 5.75 Å². The summed E-state index contributed by atoms with van der Waals surface area (Å²) in [4.78, 5) is 12.3. The molecule has 0 radical (unpaired) electrons. The monoisotopic (exact) mass is 310 g/mol. The second-order valence-electron chi connectivity index (χ2n) is 5.56. The number of ether oxygens (including phenoxy) is 1. The van der Waals surface area contributed by atoms with Crippen molar-refractivity contribution in [3.05, 3.63) is 53.2 Å². The first-order valence-electron chi connectivity index (χ1n) is 7.36. The summed E-state index contributed by atoms with van der Waals surface area (Å²) in [5, 5.41) is 7.76. The maximum atomic E-state index is 12.3. The summed E-state index contributed by atoms with van der Waals surface area (Å²) in [5.74, 6) is 0.468. The van der Waals surface area contributed by atoms with Crippen molar-refractivity contribution in [1.82, 2.24) is 5.16 Å². The van der Waals surface area contributed by atoms with Crippen molar-refractivity contribution in [2.75, 3.05) is 12.4 Å². The Bertz CT molecular complexity index is 868. The third kappa shape index (κ3) is 3.18. The fourth-order valence-corrected chi connectivity index (χ4v) is 2.50. The highest BCUT2D eigenvalue weighted by molar-refractivity contribution is 5.95. The highest BCUT2D eigenvalue weighted by Gasteiger charge is 2.14. The Balaban J connectivity index is 1.81. The number of methoxy groups -OCH3 is 1. The van der Waals surface area contributed by atoms with Gasteiger partial charge in [0.1, 0.15) is 11.4 Å². The molecule has 0 aliphatic carbocycles. The Morgan fingerprint density at radius 3 is 2.70 bits per heavy atom. The van der Waals surface area contributed by atoms with Crippen LogP contribution in [0, 0.1) is 13.8 Å². The molecule has 3 aromatic rings. The number of hydrogen-bond donors (Lipinski definition) is 1. The van der Waals surface area contributed by atoms with Gasteiger partial charge in [-0.05, 0) is 43.7 Å². The van der Waals surface area contributed by atoms with Crippen LogP contribution < -0.4 is 10.1 Å². The zero-order valence-corrected chi connectivity index (χ0v) is 13.3. The first-order chi connectivity index (χ1) is 11.1. The van der Waals surface area contributed by atoms with Gasteiger partial charge < -0.3 is 14.6 Å². The van der Waals surface area contributed by atoms with Gasteiger partial charge in [-0.25, -0.2) is 0 Å². The summed E-state index contributed by atoms with van der Waals surface area (Å²) in [7, 11) is 1.58. The predicted molar refractivity (Wildman–Crippen MR) is 88.8 cm³/mol. The minimum Gasteiger partial charge on any atom is -0.495 e. The number of nitrogens with zero attached hydrogens (tertiary/aromatic N) is 1. The third-order valence-electron chi connectivity index (χ3n) is 3.66. The van der Waals surface area contributed by atoms with Gasteiger partial charge in [-0.1, -0.05) is 22.9 Å². The first-order valence-corrected chi connectivity index (χ1v) is 7.36. The molecule has 1 heterocycles. The molecule has 0 fully saturated rings. The van der Waals surface area contributed by atoms with Gasteiger partial charge in [-0.2, -0.15) is 0 Å². The minimum absolute atomic E-state index is 0.146. The van der Waals surface area contributed by atoms with Gasteiger partial charge in [0.25, 0.3) is 0 Å². The molecule has 0 aliphatic rings. The van der Waals surface area contributed by atoms with Crippen molar-refractivity contribution in [1.29, 1.82) is 0 Å². The van der Waals surface area contributed by atoms with Crippen LogP contribution in [0.2, 0.25) is 0 Å². The largest absolute Gasteiger partial charge is 0.495 e. The lowest BCUT2D eigenvalue weighted by Crippen LogP contribution is -2.15. The smallest absolute Gasteiger partial charge is 0.230 e. The number of carbonyl (C=O) groups excluding carboxylic acids is 1. The molecule has 0 atom stereocenters. The Hall–Kier alpha value is -2.82. The number of rotatable bonds is 4. The van der Waals surface area contributed by atoms with Crippen LogP contribution in [0.15, 0.2) is 40.9 Å². The fraction of sp³-hybridized carbons (Fsp3) is 0.222. The highest BCUT2D eigenvalue weighted by atomic mass is 16.5. The van der Waals surface area contributed by atoms with Crippen molar-refractivity contribution in [3.63, 3.8) is 0 Å². The number of anilines is 1. The molecule has 2 aromatic carbocycles. The van der Waals surface area contributed by atoms with Gasteiger partial charge in [-0.15, -0.1) is 0 Å². The molecule has 5 nitrogen and oxygen atoms in total. The van der Waals surface area contributed by atoms with Crippen LogP contribution >= 0.6 is 0 Å². The number of aromatic nitrogens is 1. The SMILES string of the molecule is COc1ccc(C)cc1NC(=O)Cc1noc2ccc(C)cc12. The van der Waals surface area contributed by atoms with Crippen molar-refractivity contribution >= 4 is 22.6 Å². The van der Waals surface area contributed by atoms with Gasteiger partial charge in [0.2, 0.25) is 5.91 Å². The molecule has 0 saturated heterocycles. The molecule has 1 aromatic heterocycles. The van der Waals surface area contributed by atoms with Gasteiger partial charge in [-0.3, -0.25) is 4.79 Å². The Kier molecular flexibility index (Phi) is 4.02. The second-order valence-corrected chi connectivity index (χ2v) is 5.56. The van der Waals surface area contributed by atoms with Crippen molar-refractivity contribution < 1.29 is 14.1 Å². The van der Waals surface area contributed by atoms with E-state index >= 15 is 0 Å². The lowest BCUT2D eigenvalue weighted by molar-refractivity contribution is -0.115. The van der Waals surface area contributed by atoms with Crippen LogP contribution in [0.4, 0.5) is 5.69 Å². The van der Waals surface area contributed by atoms with E-state index in [1.54, 1.807) is 7.11 Å². The van der Waals surface area contributed by atoms with E-state index in [1.807, 2.05) is 50.2 Å². The van der Waals surface area contributed by atoms with Crippen LogP contribution in [0.3, 0.4) is 0 Å². The lowest BCUT2D eigenvalue weighted by Gasteiger charge is -2.10. The molecule has 23 heavy (non-hydrogen) atoms. The van der Waals surface area contributed by atoms with Crippen molar-refractivity contribution in [2.24, 2.45) is 0 Å². The van der Waals surface area contributed by atoms with Gasteiger partial charge in [0.15, 0.2) is 5.58 Å². The van der Waals surface area contributed by atoms with Gasteiger partial charge >= 0.3 is 0 Å². The second kappa shape index (κ2) is 6.12. The molecular weight excluding hydrogens is 292 g/mol. The van der Waals surface area contributed by atoms with Crippen LogP contribution in [-0.4, -0.2) is 18.2 Å². The molecule has 118 valence electrons. The quantitative estimate of drug-likeness (QED) is 0.799. The minimum atomic E-state index is -0.161. The number of benzene rings is 2. The van der Waals surface area contributed by atoms with Gasteiger partial charge in [0, 0.05) is 5.39 Å². The molecule has 1 N–H and O–H groups in total. The maximum Gasteiger partial charge on any atom is 0.230 e. The maximum absolute atomic E-state index is 12.3. The standard InChI is InChI=1S/C18H18N2O3/c1-11-4-6-16-13(8-11)14(20-23-16)10-18(21)19-15-9-12(2)5-7-17(15)22-3/h4-9H,10H2,1-3H3,(H,19,21). The average molecular weight is 310 g/mol. The zero-order chi connectivity index (χ0) is 16.4. The topological polar surface area (TPSA) is 64.4 Å². The van der Waals surface area contributed by atoms with E-state index in [0.29, 0.717) is 22.7 Å². The summed E-state index contributed by atoms with van der Waals surface area (Å²) < 4.78 is 10.5. The third-order valence-corrected chi connectivity index (χ3v) is 3.66. The average Bonchev–Trinajstić information content (AvgIpc) is 2.90. The summed E-state index contributed by atoms with van der Waals surface area (Å²) in [5.41, 5.74) is 4.12. The zero-order valence-electron chi connectivity index (χ0n) is 13.3. The predicted octanol–water partition coefficient (Wildman–Crippen LogP) is 3.63. The van der Waals surface area contributed by atoms with Gasteiger partial charge in [0.05, 0.1) is 19.2 Å². The molecule has 1 amide bonds. The summed E-state index contributed by atoms with van der Waals surface area (Å²) >= 11 is 0. The van der Waals surface area contributed by atoms with E-state index in [9.17, 15) is 4.79 Å². The van der Waals surface area contributed by atoms with E-state index in [2.05, 4.69) is 10.5 Å². The lowest BCUT2D eigenvalue weighted by atomic mass is 10.1. The Morgan fingerprint density at radius 2 is 1.91 bits per heavy atom. The van der Waals surface area contributed by atoms with Crippen LogP contribution in [0.5, 0.6) is 5.75 Å². The molecule has 0 spiro atoms. The molecule has 0 bridgehead atoms. The van der Waals surface area contributed by atoms with Crippen molar-refractivity contribution in [2.45, 2.75) is 20.3 Å².